The lowest BCUT2D eigenvalue weighted by atomic mass is 9.78. The molecule has 0 aromatic rings. The monoisotopic (exact) mass is 240 g/mol. The van der Waals surface area contributed by atoms with Crippen molar-refractivity contribution in [2.45, 2.75) is 19.3 Å². The van der Waals surface area contributed by atoms with Crippen LogP contribution in [0.5, 0.6) is 0 Å². The smallest absolute Gasteiger partial charge is 0.222 e. The maximum Gasteiger partial charge on any atom is 0.222 e. The highest BCUT2D eigenvalue weighted by Crippen LogP contribution is 2.38. The summed E-state index contributed by atoms with van der Waals surface area (Å²) in [6.07, 6.45) is 3.12. The largest absolute Gasteiger partial charge is 0.345 e. The van der Waals surface area contributed by atoms with Crippen molar-refractivity contribution in [1.82, 2.24) is 10.2 Å². The molecule has 2 aliphatic rings. The van der Waals surface area contributed by atoms with Crippen LogP contribution in [0.25, 0.3) is 0 Å². The van der Waals surface area contributed by atoms with E-state index in [1.54, 1.807) is 0 Å². The lowest BCUT2D eigenvalue weighted by molar-refractivity contribution is -0.126. The molecule has 2 fully saturated rings. The van der Waals surface area contributed by atoms with Gasteiger partial charge in [0.05, 0.1) is 0 Å². The van der Waals surface area contributed by atoms with Crippen molar-refractivity contribution in [3.8, 4) is 0 Å². The Labute approximate surface area is 97.4 Å². The summed E-state index contributed by atoms with van der Waals surface area (Å²) in [6.45, 7) is 3.15. The van der Waals surface area contributed by atoms with Gasteiger partial charge >= 0.3 is 0 Å². The van der Waals surface area contributed by atoms with Gasteiger partial charge in [-0.15, -0.1) is 24.8 Å². The molecule has 1 spiro atoms. The number of rotatable bonds is 0. The lowest BCUT2D eigenvalue weighted by Gasteiger charge is -2.32. The van der Waals surface area contributed by atoms with Gasteiger partial charge in [0.25, 0.3) is 0 Å². The molecular weight excluding hydrogens is 223 g/mol. The minimum absolute atomic E-state index is 0. The summed E-state index contributed by atoms with van der Waals surface area (Å²) in [7, 11) is 1.92. The van der Waals surface area contributed by atoms with Crippen molar-refractivity contribution in [1.29, 1.82) is 0 Å². The molecule has 1 N–H and O–H groups in total. The predicted molar refractivity (Wildman–Crippen MR) is 61.3 cm³/mol. The van der Waals surface area contributed by atoms with Crippen molar-refractivity contribution < 1.29 is 4.79 Å². The number of piperidine rings is 1. The molecule has 0 radical (unpaired) electrons. The highest BCUT2D eigenvalue weighted by Gasteiger charge is 2.41. The molecule has 2 rings (SSSR count). The molecule has 14 heavy (non-hydrogen) atoms. The Hall–Kier alpha value is 0.01000. The fourth-order valence-corrected chi connectivity index (χ4v) is 2.39. The van der Waals surface area contributed by atoms with Crippen LogP contribution in [0, 0.1) is 5.41 Å². The standard InChI is InChI=1S/C9H16N2O.2ClH/c1-11-7-9(6-8(11)12)2-4-10-5-3-9;;/h10H,2-7H2,1H3;2*1H. The summed E-state index contributed by atoms with van der Waals surface area (Å²) < 4.78 is 0. The Morgan fingerprint density at radius 3 is 2.29 bits per heavy atom. The zero-order valence-electron chi connectivity index (χ0n) is 8.41. The van der Waals surface area contributed by atoms with E-state index >= 15 is 0 Å². The van der Waals surface area contributed by atoms with E-state index in [0.29, 0.717) is 11.3 Å². The second-order valence-electron chi connectivity index (χ2n) is 4.18. The number of amides is 1. The van der Waals surface area contributed by atoms with Crippen LogP contribution >= 0.6 is 24.8 Å². The first-order chi connectivity index (χ1) is 5.72. The zero-order valence-corrected chi connectivity index (χ0v) is 10.0. The number of nitrogens with zero attached hydrogens (tertiary/aromatic N) is 1. The van der Waals surface area contributed by atoms with Crippen LogP contribution in [0.3, 0.4) is 0 Å². The summed E-state index contributed by atoms with van der Waals surface area (Å²) in [5.41, 5.74) is 0.330. The van der Waals surface area contributed by atoms with Gasteiger partial charge < -0.3 is 10.2 Å². The Bertz CT molecular complexity index is 205. The van der Waals surface area contributed by atoms with Crippen LogP contribution in [-0.4, -0.2) is 37.5 Å². The third-order valence-electron chi connectivity index (χ3n) is 3.19. The highest BCUT2D eigenvalue weighted by molar-refractivity contribution is 5.85. The molecule has 0 aromatic heterocycles. The van der Waals surface area contributed by atoms with Crippen LogP contribution in [0.4, 0.5) is 0 Å². The molecule has 0 aliphatic carbocycles. The Balaban J connectivity index is 0.000000845. The van der Waals surface area contributed by atoms with Gasteiger partial charge in [-0.2, -0.15) is 0 Å². The molecule has 2 saturated heterocycles. The quantitative estimate of drug-likeness (QED) is 0.687. The maximum atomic E-state index is 11.4. The molecule has 2 aliphatic heterocycles. The summed E-state index contributed by atoms with van der Waals surface area (Å²) in [6, 6.07) is 0. The van der Waals surface area contributed by atoms with E-state index in [1.807, 2.05) is 11.9 Å². The van der Waals surface area contributed by atoms with Gasteiger partial charge in [0.15, 0.2) is 0 Å². The van der Waals surface area contributed by atoms with Crippen molar-refractivity contribution >= 4 is 30.7 Å². The first-order valence-corrected chi connectivity index (χ1v) is 4.67. The van der Waals surface area contributed by atoms with E-state index in [1.165, 1.54) is 12.8 Å². The third kappa shape index (κ3) is 2.53. The second-order valence-corrected chi connectivity index (χ2v) is 4.18. The molecule has 0 bridgehead atoms. The van der Waals surface area contributed by atoms with E-state index in [9.17, 15) is 4.79 Å². The number of nitrogens with one attached hydrogen (secondary N) is 1. The van der Waals surface area contributed by atoms with Crippen LogP contribution in [0.15, 0.2) is 0 Å². The van der Waals surface area contributed by atoms with Crippen LogP contribution in [0.2, 0.25) is 0 Å². The lowest BCUT2D eigenvalue weighted by Crippen LogP contribution is -2.38. The number of hydrogen-bond acceptors (Lipinski definition) is 2. The number of likely N-dealkylation sites (tertiary alicyclic amines) is 1. The Kier molecular flexibility index (Phi) is 5.20. The Morgan fingerprint density at radius 1 is 1.29 bits per heavy atom. The van der Waals surface area contributed by atoms with Crippen LogP contribution in [-0.2, 0) is 4.79 Å². The molecular formula is C9H18Cl2N2O. The zero-order chi connectivity index (χ0) is 8.60. The number of carbonyl (C=O) groups is 1. The molecule has 0 atom stereocenters. The molecule has 1 amide bonds. The maximum absolute atomic E-state index is 11.4. The van der Waals surface area contributed by atoms with Gasteiger partial charge in [-0.25, -0.2) is 0 Å². The third-order valence-corrected chi connectivity index (χ3v) is 3.19. The van der Waals surface area contributed by atoms with Crippen molar-refractivity contribution in [3.63, 3.8) is 0 Å². The van der Waals surface area contributed by atoms with E-state index in [0.717, 1.165) is 26.1 Å². The summed E-state index contributed by atoms with van der Waals surface area (Å²) in [5, 5.41) is 3.34. The molecule has 5 heteroatoms. The minimum atomic E-state index is 0. The highest BCUT2D eigenvalue weighted by atomic mass is 35.5. The molecule has 2 heterocycles. The van der Waals surface area contributed by atoms with Crippen LogP contribution < -0.4 is 5.32 Å². The van der Waals surface area contributed by atoms with Crippen LogP contribution in [0.1, 0.15) is 19.3 Å². The van der Waals surface area contributed by atoms with Gasteiger partial charge in [0.2, 0.25) is 5.91 Å². The number of halogens is 2. The van der Waals surface area contributed by atoms with Gasteiger partial charge in [-0.1, -0.05) is 0 Å². The van der Waals surface area contributed by atoms with Crippen molar-refractivity contribution in [3.05, 3.63) is 0 Å². The fraction of sp³-hybridized carbons (Fsp3) is 0.889. The fourth-order valence-electron chi connectivity index (χ4n) is 2.39. The minimum Gasteiger partial charge on any atom is -0.345 e. The average Bonchev–Trinajstić information content (AvgIpc) is 2.29. The second kappa shape index (κ2) is 5.19. The average molecular weight is 241 g/mol. The number of carbonyl (C=O) groups excluding carboxylic acids is 1. The molecule has 3 nitrogen and oxygen atoms in total. The normalized spacial score (nSPS) is 24.4. The van der Waals surface area contributed by atoms with E-state index in [2.05, 4.69) is 5.32 Å². The molecule has 0 unspecified atom stereocenters. The summed E-state index contributed by atoms with van der Waals surface area (Å²) in [4.78, 5) is 13.2. The van der Waals surface area contributed by atoms with Gasteiger partial charge in [0.1, 0.15) is 0 Å². The SMILES string of the molecule is CN1CC2(CCNCC2)CC1=O.Cl.Cl. The summed E-state index contributed by atoms with van der Waals surface area (Å²) in [5.74, 6) is 0.330. The first-order valence-electron chi connectivity index (χ1n) is 4.67. The van der Waals surface area contributed by atoms with E-state index < -0.39 is 0 Å². The topological polar surface area (TPSA) is 32.3 Å². The van der Waals surface area contributed by atoms with Gasteiger partial charge in [0, 0.05) is 20.0 Å². The van der Waals surface area contributed by atoms with Gasteiger partial charge in [-0.05, 0) is 31.3 Å². The van der Waals surface area contributed by atoms with Crippen molar-refractivity contribution in [2.75, 3.05) is 26.7 Å². The molecule has 84 valence electrons. The van der Waals surface area contributed by atoms with Crippen molar-refractivity contribution in [2.24, 2.45) is 5.41 Å². The van der Waals surface area contributed by atoms with E-state index in [4.69, 9.17) is 0 Å². The molecule has 0 saturated carbocycles. The van der Waals surface area contributed by atoms with Gasteiger partial charge in [-0.3, -0.25) is 4.79 Å². The van der Waals surface area contributed by atoms with E-state index in [-0.39, 0.29) is 24.8 Å². The molecule has 0 aromatic carbocycles. The first kappa shape index (κ1) is 14.0. The predicted octanol–water partition coefficient (Wildman–Crippen LogP) is 1.06. The number of hydrogen-bond donors (Lipinski definition) is 1. The summed E-state index contributed by atoms with van der Waals surface area (Å²) >= 11 is 0. The Morgan fingerprint density at radius 2 is 1.86 bits per heavy atom.